The lowest BCUT2D eigenvalue weighted by Gasteiger charge is -2.25. The summed E-state index contributed by atoms with van der Waals surface area (Å²) in [6.45, 7) is 0. The van der Waals surface area contributed by atoms with E-state index in [0.717, 1.165) is 22.6 Å². The van der Waals surface area contributed by atoms with Crippen molar-refractivity contribution in [2.24, 2.45) is 0 Å². The van der Waals surface area contributed by atoms with E-state index in [0.29, 0.717) is 5.89 Å². The minimum Gasteiger partial charge on any atom is -0.423 e. The fourth-order valence-electron chi connectivity index (χ4n) is 2.65. The average Bonchev–Trinajstić information content (AvgIpc) is 3.19. The van der Waals surface area contributed by atoms with Crippen molar-refractivity contribution in [3.05, 3.63) is 91.3 Å². The topological polar surface area (TPSA) is 42.2 Å². The van der Waals surface area contributed by atoms with Crippen LogP contribution in [0, 0.1) is 0 Å². The van der Waals surface area contributed by atoms with Crippen molar-refractivity contribution in [3.63, 3.8) is 0 Å². The first-order chi connectivity index (χ1) is 11.9. The maximum Gasteiger partial charge on any atom is 0.247 e. The Morgan fingerprint density at radius 2 is 1.17 bits per heavy atom. The van der Waals surface area contributed by atoms with Crippen LogP contribution in [0.25, 0.3) is 11.5 Å². The fraction of sp³-hybridized carbons (Fsp3) is 0. The van der Waals surface area contributed by atoms with Gasteiger partial charge in [-0.2, -0.15) is 0 Å². The summed E-state index contributed by atoms with van der Waals surface area (Å²) in [6.07, 6.45) is 1.34. The van der Waals surface area contributed by atoms with Gasteiger partial charge >= 0.3 is 0 Å². The molecule has 0 radical (unpaired) electrons. The number of hydrogen-bond donors (Lipinski definition) is 0. The Kier molecular flexibility index (Phi) is 3.78. The number of aromatic nitrogens is 2. The molecule has 0 N–H and O–H groups in total. The van der Waals surface area contributed by atoms with Crippen LogP contribution < -0.4 is 4.90 Å². The Hall–Kier alpha value is -3.40. The molecule has 0 aliphatic rings. The fourth-order valence-corrected chi connectivity index (χ4v) is 2.65. The molecule has 1 heterocycles. The number of benzene rings is 3. The van der Waals surface area contributed by atoms with Crippen molar-refractivity contribution in [3.8, 4) is 11.5 Å². The second kappa shape index (κ2) is 6.38. The number of anilines is 3. The predicted octanol–water partition coefficient (Wildman–Crippen LogP) is 5.21. The van der Waals surface area contributed by atoms with Crippen LogP contribution in [0.3, 0.4) is 0 Å². The van der Waals surface area contributed by atoms with Crippen LogP contribution >= 0.6 is 0 Å². The standard InChI is InChI=1S/C20H15N3O/c1-3-7-17(8-4-1)23(18-9-5-2-6-10-18)19-13-11-16(12-14-19)20-22-21-15-24-20/h1-15H. The SMILES string of the molecule is c1ccc(N(c2ccccc2)c2ccc(-c3nnco3)cc2)cc1. The zero-order valence-electron chi connectivity index (χ0n) is 12.9. The van der Waals surface area contributed by atoms with Gasteiger partial charge < -0.3 is 9.32 Å². The molecule has 0 aliphatic carbocycles. The van der Waals surface area contributed by atoms with Gasteiger partial charge in [0.05, 0.1) is 0 Å². The monoisotopic (exact) mass is 313 g/mol. The van der Waals surface area contributed by atoms with E-state index in [2.05, 4.69) is 51.5 Å². The molecule has 0 saturated carbocycles. The molecule has 0 saturated heterocycles. The number of para-hydroxylation sites is 2. The maximum atomic E-state index is 5.25. The highest BCUT2D eigenvalue weighted by atomic mass is 16.4. The van der Waals surface area contributed by atoms with E-state index in [1.54, 1.807) is 0 Å². The van der Waals surface area contributed by atoms with Crippen molar-refractivity contribution in [1.82, 2.24) is 10.2 Å². The highest BCUT2D eigenvalue weighted by Crippen LogP contribution is 2.34. The molecule has 0 spiro atoms. The van der Waals surface area contributed by atoms with Crippen LogP contribution in [0.5, 0.6) is 0 Å². The summed E-state index contributed by atoms with van der Waals surface area (Å²) in [5.41, 5.74) is 4.18. The summed E-state index contributed by atoms with van der Waals surface area (Å²) >= 11 is 0. The van der Waals surface area contributed by atoms with E-state index in [-0.39, 0.29) is 0 Å². The zero-order valence-corrected chi connectivity index (χ0v) is 12.9. The average molecular weight is 313 g/mol. The molecule has 4 aromatic rings. The zero-order chi connectivity index (χ0) is 16.2. The molecule has 3 aromatic carbocycles. The van der Waals surface area contributed by atoms with Crippen molar-refractivity contribution in [2.75, 3.05) is 4.90 Å². The summed E-state index contributed by atoms with van der Waals surface area (Å²) in [4.78, 5) is 2.21. The highest BCUT2D eigenvalue weighted by Gasteiger charge is 2.12. The smallest absolute Gasteiger partial charge is 0.247 e. The molecule has 0 bridgehead atoms. The third-order valence-electron chi connectivity index (χ3n) is 3.76. The molecule has 0 aliphatic heterocycles. The summed E-state index contributed by atoms with van der Waals surface area (Å²) in [5.74, 6) is 0.521. The molecular weight excluding hydrogens is 298 g/mol. The summed E-state index contributed by atoms with van der Waals surface area (Å²) < 4.78 is 5.25. The number of hydrogen-bond acceptors (Lipinski definition) is 4. The maximum absolute atomic E-state index is 5.25. The van der Waals surface area contributed by atoms with E-state index >= 15 is 0 Å². The third kappa shape index (κ3) is 2.77. The van der Waals surface area contributed by atoms with Crippen LogP contribution in [0.15, 0.2) is 95.7 Å². The lowest BCUT2D eigenvalue weighted by Crippen LogP contribution is -2.09. The molecule has 4 heteroatoms. The molecular formula is C20H15N3O. The van der Waals surface area contributed by atoms with E-state index in [9.17, 15) is 0 Å². The summed E-state index contributed by atoms with van der Waals surface area (Å²) in [6, 6.07) is 28.7. The Labute approximate surface area is 140 Å². The predicted molar refractivity (Wildman–Crippen MR) is 94.4 cm³/mol. The molecule has 4 nitrogen and oxygen atoms in total. The van der Waals surface area contributed by atoms with Crippen LogP contribution in [-0.2, 0) is 0 Å². The van der Waals surface area contributed by atoms with Gasteiger partial charge in [0.1, 0.15) is 0 Å². The third-order valence-corrected chi connectivity index (χ3v) is 3.76. The van der Waals surface area contributed by atoms with Crippen molar-refractivity contribution >= 4 is 17.1 Å². The molecule has 1 aromatic heterocycles. The summed E-state index contributed by atoms with van der Waals surface area (Å²) in [5, 5.41) is 7.67. The quantitative estimate of drug-likeness (QED) is 0.519. The first-order valence-corrected chi connectivity index (χ1v) is 7.69. The van der Waals surface area contributed by atoms with Gasteiger partial charge in [-0.1, -0.05) is 36.4 Å². The second-order valence-electron chi connectivity index (χ2n) is 5.30. The van der Waals surface area contributed by atoms with Crippen molar-refractivity contribution in [1.29, 1.82) is 0 Å². The Bertz CT molecular complexity index is 849. The summed E-state index contributed by atoms with van der Waals surface area (Å²) in [7, 11) is 0. The first kappa shape index (κ1) is 14.2. The highest BCUT2D eigenvalue weighted by molar-refractivity contribution is 5.77. The molecule has 4 rings (SSSR count). The van der Waals surface area contributed by atoms with Crippen LogP contribution in [-0.4, -0.2) is 10.2 Å². The van der Waals surface area contributed by atoms with E-state index in [4.69, 9.17) is 4.42 Å². The van der Waals surface area contributed by atoms with Crippen LogP contribution in [0.1, 0.15) is 0 Å². The number of nitrogens with zero attached hydrogens (tertiary/aromatic N) is 3. The Morgan fingerprint density at radius 1 is 0.625 bits per heavy atom. The van der Waals surface area contributed by atoms with Crippen LogP contribution in [0.2, 0.25) is 0 Å². The van der Waals surface area contributed by atoms with Gasteiger partial charge in [0, 0.05) is 22.6 Å². The Balaban J connectivity index is 1.77. The molecule has 24 heavy (non-hydrogen) atoms. The minimum absolute atomic E-state index is 0.521. The normalized spacial score (nSPS) is 10.5. The van der Waals surface area contributed by atoms with Gasteiger partial charge in [-0.3, -0.25) is 0 Å². The molecule has 0 fully saturated rings. The van der Waals surface area contributed by atoms with Gasteiger partial charge in [-0.05, 0) is 48.5 Å². The van der Waals surface area contributed by atoms with E-state index < -0.39 is 0 Å². The van der Waals surface area contributed by atoms with Crippen LogP contribution in [0.4, 0.5) is 17.1 Å². The molecule has 0 amide bonds. The van der Waals surface area contributed by atoms with Gasteiger partial charge in [-0.25, -0.2) is 0 Å². The minimum atomic E-state index is 0.521. The largest absolute Gasteiger partial charge is 0.423 e. The molecule has 0 unspecified atom stereocenters. The molecule has 0 atom stereocenters. The molecule has 116 valence electrons. The van der Waals surface area contributed by atoms with Gasteiger partial charge in [0.15, 0.2) is 0 Å². The number of rotatable bonds is 4. The van der Waals surface area contributed by atoms with Crippen molar-refractivity contribution < 1.29 is 4.42 Å². The van der Waals surface area contributed by atoms with Crippen molar-refractivity contribution in [2.45, 2.75) is 0 Å². The lowest BCUT2D eigenvalue weighted by molar-refractivity contribution is 0.568. The first-order valence-electron chi connectivity index (χ1n) is 7.69. The van der Waals surface area contributed by atoms with Gasteiger partial charge in [-0.15, -0.1) is 10.2 Å². The van der Waals surface area contributed by atoms with E-state index in [1.165, 1.54) is 6.39 Å². The van der Waals surface area contributed by atoms with E-state index in [1.807, 2.05) is 48.5 Å². The lowest BCUT2D eigenvalue weighted by atomic mass is 10.1. The van der Waals surface area contributed by atoms with Gasteiger partial charge in [0.2, 0.25) is 12.3 Å². The second-order valence-corrected chi connectivity index (χ2v) is 5.30. The van der Waals surface area contributed by atoms with Gasteiger partial charge in [0.25, 0.3) is 0 Å². The Morgan fingerprint density at radius 3 is 1.67 bits per heavy atom.